The number of likely N-dealkylation sites (tertiary alicyclic amines) is 1. The first-order valence-corrected chi connectivity index (χ1v) is 10.3. The minimum Gasteiger partial charge on any atom is -0.368 e. The molecule has 1 aromatic carbocycles. The van der Waals surface area contributed by atoms with Gasteiger partial charge in [0.2, 0.25) is 0 Å². The van der Waals surface area contributed by atoms with Gasteiger partial charge in [-0.2, -0.15) is 0 Å². The molecule has 5 rings (SSSR count). The summed E-state index contributed by atoms with van der Waals surface area (Å²) in [5.74, 6) is 0.545. The lowest BCUT2D eigenvalue weighted by Gasteiger charge is -2.24. The molecular formula is C22H23N5O3. The lowest BCUT2D eigenvalue weighted by Crippen LogP contribution is -2.31. The SMILES string of the molecule is O=C(Nc1cccc(C(=O)N2CCC[C@H]2c2nnc3ccccn23)c1)[C@H]1CCCO1. The Morgan fingerprint density at radius 2 is 2.00 bits per heavy atom. The molecule has 0 aliphatic carbocycles. The number of hydrogen-bond donors (Lipinski definition) is 1. The Kier molecular flexibility index (Phi) is 4.92. The van der Waals surface area contributed by atoms with Gasteiger partial charge in [-0.1, -0.05) is 12.1 Å². The fourth-order valence-corrected chi connectivity index (χ4v) is 4.27. The van der Waals surface area contributed by atoms with E-state index >= 15 is 0 Å². The van der Waals surface area contributed by atoms with Gasteiger partial charge in [-0.25, -0.2) is 0 Å². The molecule has 154 valence electrons. The van der Waals surface area contributed by atoms with Crippen molar-refractivity contribution in [2.24, 2.45) is 0 Å². The van der Waals surface area contributed by atoms with Crippen molar-refractivity contribution in [1.29, 1.82) is 0 Å². The van der Waals surface area contributed by atoms with E-state index in [1.807, 2.05) is 33.7 Å². The van der Waals surface area contributed by atoms with Gasteiger partial charge in [-0.05, 0) is 56.0 Å². The lowest BCUT2D eigenvalue weighted by molar-refractivity contribution is -0.124. The molecule has 2 atom stereocenters. The highest BCUT2D eigenvalue weighted by molar-refractivity contribution is 5.98. The summed E-state index contributed by atoms with van der Waals surface area (Å²) in [6, 6.07) is 12.7. The van der Waals surface area contributed by atoms with Crippen molar-refractivity contribution < 1.29 is 14.3 Å². The molecule has 4 heterocycles. The average Bonchev–Trinajstić information content (AvgIpc) is 3.53. The number of ether oxygens (including phenoxy) is 1. The summed E-state index contributed by atoms with van der Waals surface area (Å²) in [6.45, 7) is 1.28. The minimum atomic E-state index is -0.409. The number of pyridine rings is 1. The second kappa shape index (κ2) is 7.87. The van der Waals surface area contributed by atoms with Gasteiger partial charge in [0.05, 0.1) is 6.04 Å². The lowest BCUT2D eigenvalue weighted by atomic mass is 10.1. The van der Waals surface area contributed by atoms with Crippen molar-refractivity contribution in [3.05, 3.63) is 60.0 Å². The Bertz CT molecular complexity index is 1090. The van der Waals surface area contributed by atoms with Gasteiger partial charge in [0, 0.05) is 30.6 Å². The number of carbonyl (C=O) groups is 2. The normalized spacial score (nSPS) is 21.3. The molecule has 0 unspecified atom stereocenters. The largest absolute Gasteiger partial charge is 0.368 e. The van der Waals surface area contributed by atoms with Gasteiger partial charge in [0.15, 0.2) is 11.5 Å². The molecule has 0 radical (unpaired) electrons. The zero-order chi connectivity index (χ0) is 20.5. The number of rotatable bonds is 4. The maximum Gasteiger partial charge on any atom is 0.254 e. The van der Waals surface area contributed by atoms with E-state index in [1.165, 1.54) is 0 Å². The first-order chi connectivity index (χ1) is 14.7. The van der Waals surface area contributed by atoms with Crippen molar-refractivity contribution in [1.82, 2.24) is 19.5 Å². The molecule has 0 saturated carbocycles. The third kappa shape index (κ3) is 3.43. The predicted octanol–water partition coefficient (Wildman–Crippen LogP) is 2.82. The molecule has 3 aromatic rings. The quantitative estimate of drug-likeness (QED) is 0.721. The van der Waals surface area contributed by atoms with Crippen molar-refractivity contribution >= 4 is 23.1 Å². The molecule has 0 spiro atoms. The Morgan fingerprint density at radius 1 is 1.07 bits per heavy atom. The molecule has 2 saturated heterocycles. The van der Waals surface area contributed by atoms with Crippen LogP contribution in [0.25, 0.3) is 5.65 Å². The number of amides is 2. The topological polar surface area (TPSA) is 88.8 Å². The molecule has 2 aliphatic heterocycles. The molecule has 2 fully saturated rings. The number of nitrogens with zero attached hydrogens (tertiary/aromatic N) is 4. The van der Waals surface area contributed by atoms with Crippen LogP contribution in [-0.2, 0) is 9.53 Å². The van der Waals surface area contributed by atoms with E-state index in [1.54, 1.807) is 24.3 Å². The Morgan fingerprint density at radius 3 is 2.87 bits per heavy atom. The average molecular weight is 405 g/mol. The number of nitrogens with one attached hydrogen (secondary N) is 1. The van der Waals surface area contributed by atoms with E-state index in [2.05, 4.69) is 15.5 Å². The van der Waals surface area contributed by atoms with Gasteiger partial charge in [-0.3, -0.25) is 14.0 Å². The monoisotopic (exact) mass is 405 g/mol. The van der Waals surface area contributed by atoms with Crippen LogP contribution in [0.2, 0.25) is 0 Å². The van der Waals surface area contributed by atoms with Crippen molar-refractivity contribution in [3.8, 4) is 0 Å². The summed E-state index contributed by atoms with van der Waals surface area (Å²) in [6.07, 6.45) is 4.89. The highest BCUT2D eigenvalue weighted by atomic mass is 16.5. The van der Waals surface area contributed by atoms with Gasteiger partial charge in [0.25, 0.3) is 11.8 Å². The summed E-state index contributed by atoms with van der Waals surface area (Å²) in [5.41, 5.74) is 1.91. The van der Waals surface area contributed by atoms with E-state index in [0.717, 1.165) is 37.2 Å². The smallest absolute Gasteiger partial charge is 0.254 e. The summed E-state index contributed by atoms with van der Waals surface area (Å²) in [4.78, 5) is 27.5. The second-order valence-electron chi connectivity index (χ2n) is 7.72. The first kappa shape index (κ1) is 18.7. The van der Waals surface area contributed by atoms with E-state index in [-0.39, 0.29) is 17.9 Å². The van der Waals surface area contributed by atoms with Crippen molar-refractivity contribution in [2.75, 3.05) is 18.5 Å². The molecule has 8 heteroatoms. The van der Waals surface area contributed by atoms with E-state index < -0.39 is 6.10 Å². The number of fused-ring (bicyclic) bond motifs is 1. The highest BCUT2D eigenvalue weighted by Gasteiger charge is 2.34. The fraction of sp³-hybridized carbons (Fsp3) is 0.364. The summed E-state index contributed by atoms with van der Waals surface area (Å²) < 4.78 is 7.37. The maximum absolute atomic E-state index is 13.3. The van der Waals surface area contributed by atoms with Gasteiger partial charge < -0.3 is 15.0 Å². The van der Waals surface area contributed by atoms with E-state index in [9.17, 15) is 9.59 Å². The minimum absolute atomic E-state index is 0.0709. The number of aromatic nitrogens is 3. The number of carbonyl (C=O) groups excluding carboxylic acids is 2. The molecule has 1 N–H and O–H groups in total. The van der Waals surface area contributed by atoms with Crippen LogP contribution in [0.1, 0.15) is 47.9 Å². The van der Waals surface area contributed by atoms with E-state index in [0.29, 0.717) is 24.4 Å². The van der Waals surface area contributed by atoms with Crippen LogP contribution in [0.5, 0.6) is 0 Å². The molecule has 30 heavy (non-hydrogen) atoms. The molecule has 2 aromatic heterocycles. The third-order valence-electron chi connectivity index (χ3n) is 5.75. The third-order valence-corrected chi connectivity index (χ3v) is 5.75. The number of anilines is 1. The van der Waals surface area contributed by atoms with Crippen molar-refractivity contribution in [3.63, 3.8) is 0 Å². The van der Waals surface area contributed by atoms with Crippen LogP contribution in [0.4, 0.5) is 5.69 Å². The number of benzene rings is 1. The van der Waals surface area contributed by atoms with Crippen LogP contribution < -0.4 is 5.32 Å². The van der Waals surface area contributed by atoms with Crippen molar-refractivity contribution in [2.45, 2.75) is 37.8 Å². The van der Waals surface area contributed by atoms with Crippen LogP contribution in [0.15, 0.2) is 48.7 Å². The van der Waals surface area contributed by atoms with Gasteiger partial charge in [-0.15, -0.1) is 10.2 Å². The molecular weight excluding hydrogens is 382 g/mol. The van der Waals surface area contributed by atoms with Crippen LogP contribution >= 0.6 is 0 Å². The zero-order valence-electron chi connectivity index (χ0n) is 16.5. The van der Waals surface area contributed by atoms with Gasteiger partial charge in [0.1, 0.15) is 6.10 Å². The van der Waals surface area contributed by atoms with E-state index in [4.69, 9.17) is 4.74 Å². The maximum atomic E-state index is 13.3. The summed E-state index contributed by atoms with van der Waals surface area (Å²) in [7, 11) is 0. The summed E-state index contributed by atoms with van der Waals surface area (Å²) in [5, 5.41) is 11.5. The zero-order valence-corrected chi connectivity index (χ0v) is 16.5. The van der Waals surface area contributed by atoms with Crippen LogP contribution in [0, 0.1) is 0 Å². The first-order valence-electron chi connectivity index (χ1n) is 10.3. The Labute approximate surface area is 173 Å². The second-order valence-corrected chi connectivity index (χ2v) is 7.72. The van der Waals surface area contributed by atoms with Crippen LogP contribution in [-0.4, -0.2) is 50.6 Å². The van der Waals surface area contributed by atoms with Crippen LogP contribution in [0.3, 0.4) is 0 Å². The molecule has 2 aliphatic rings. The number of hydrogen-bond acceptors (Lipinski definition) is 5. The Hall–Kier alpha value is -3.26. The molecule has 0 bridgehead atoms. The molecule has 2 amide bonds. The molecule has 8 nitrogen and oxygen atoms in total. The fourth-order valence-electron chi connectivity index (χ4n) is 4.27. The Balaban J connectivity index is 1.36. The summed E-state index contributed by atoms with van der Waals surface area (Å²) >= 11 is 0. The predicted molar refractivity (Wildman–Crippen MR) is 110 cm³/mol. The highest BCUT2D eigenvalue weighted by Crippen LogP contribution is 2.32. The standard InChI is InChI=1S/C22H23N5O3/c28-21(18-9-5-13-30-18)23-16-7-3-6-15(14-16)22(29)26-12-4-8-17(26)20-25-24-19-10-1-2-11-27(19)20/h1-3,6-7,10-11,14,17-18H,4-5,8-9,12-13H2,(H,23,28)/t17-,18+/m0/s1. The van der Waals surface area contributed by atoms with Gasteiger partial charge >= 0.3 is 0 Å².